The van der Waals surface area contributed by atoms with Crippen LogP contribution < -0.4 is 0 Å². The fourth-order valence-electron chi connectivity index (χ4n) is 2.36. The summed E-state index contributed by atoms with van der Waals surface area (Å²) >= 11 is 0. The van der Waals surface area contributed by atoms with Crippen LogP contribution in [0.2, 0.25) is 0 Å². The molecule has 0 bridgehead atoms. The van der Waals surface area contributed by atoms with Gasteiger partial charge < -0.3 is 0 Å². The lowest BCUT2D eigenvalue weighted by Gasteiger charge is -2.17. The van der Waals surface area contributed by atoms with E-state index < -0.39 is 23.5 Å². The van der Waals surface area contributed by atoms with Crippen molar-refractivity contribution in [3.05, 3.63) is 59.2 Å². The summed E-state index contributed by atoms with van der Waals surface area (Å²) in [6, 6.07) is 7.93. The summed E-state index contributed by atoms with van der Waals surface area (Å²) < 4.78 is 77.8. The van der Waals surface area contributed by atoms with Crippen LogP contribution in [0.5, 0.6) is 0 Å². The van der Waals surface area contributed by atoms with Gasteiger partial charge in [0, 0.05) is 0 Å². The molecule has 0 aliphatic carbocycles. The van der Waals surface area contributed by atoms with Gasteiger partial charge in [0.1, 0.15) is 0 Å². The molecule has 0 saturated heterocycles. The summed E-state index contributed by atoms with van der Waals surface area (Å²) in [5.41, 5.74) is -1.39. The number of benzene rings is 2. The number of hydrogen-bond donors (Lipinski definition) is 0. The first-order valence-electron chi connectivity index (χ1n) is 6.89. The molecule has 2 aromatic rings. The van der Waals surface area contributed by atoms with Gasteiger partial charge in [-0.15, -0.1) is 0 Å². The van der Waals surface area contributed by atoms with Gasteiger partial charge in [0.2, 0.25) is 0 Å². The van der Waals surface area contributed by atoms with Crippen molar-refractivity contribution < 1.29 is 26.3 Å². The van der Waals surface area contributed by atoms with E-state index in [1.165, 1.54) is 24.3 Å². The summed E-state index contributed by atoms with van der Waals surface area (Å²) in [5, 5.41) is 0. The topological polar surface area (TPSA) is 0 Å². The van der Waals surface area contributed by atoms with Crippen LogP contribution in [-0.4, -0.2) is 0 Å². The van der Waals surface area contributed by atoms with Crippen molar-refractivity contribution in [2.75, 3.05) is 0 Å². The summed E-state index contributed by atoms with van der Waals surface area (Å²) in [4.78, 5) is 0. The molecule has 0 unspecified atom stereocenters. The molecule has 0 fully saturated rings. The van der Waals surface area contributed by atoms with Crippen molar-refractivity contribution in [1.29, 1.82) is 0 Å². The van der Waals surface area contributed by atoms with Gasteiger partial charge in [0.15, 0.2) is 0 Å². The Morgan fingerprint density at radius 1 is 0.739 bits per heavy atom. The van der Waals surface area contributed by atoms with Crippen molar-refractivity contribution in [3.8, 4) is 11.1 Å². The van der Waals surface area contributed by atoms with E-state index in [4.69, 9.17) is 0 Å². The average Bonchev–Trinajstić information content (AvgIpc) is 2.45. The quantitative estimate of drug-likeness (QED) is 0.550. The lowest BCUT2D eigenvalue weighted by atomic mass is 9.92. The zero-order valence-electron chi connectivity index (χ0n) is 12.4. The SMILES string of the molecule is CC(C)c1ccc(-c2cccc(C(F)(F)F)c2)cc1C(F)(F)F. The minimum atomic E-state index is -4.56. The summed E-state index contributed by atoms with van der Waals surface area (Å²) in [7, 11) is 0. The standard InChI is InChI=1S/C17H14F6/c1-10(2)14-7-6-12(9-15(14)17(21,22)23)11-4-3-5-13(8-11)16(18,19)20/h3-10H,1-2H3. The Morgan fingerprint density at radius 3 is 1.87 bits per heavy atom. The predicted octanol–water partition coefficient (Wildman–Crippen LogP) is 6.51. The average molecular weight is 332 g/mol. The van der Waals surface area contributed by atoms with Crippen molar-refractivity contribution in [2.45, 2.75) is 32.1 Å². The van der Waals surface area contributed by atoms with Crippen LogP contribution in [0.15, 0.2) is 42.5 Å². The first-order valence-corrected chi connectivity index (χ1v) is 6.89. The molecule has 6 heteroatoms. The largest absolute Gasteiger partial charge is 0.416 e. The minimum absolute atomic E-state index is 0.0978. The van der Waals surface area contributed by atoms with E-state index in [1.54, 1.807) is 13.8 Å². The molecule has 0 atom stereocenters. The zero-order chi connectivity index (χ0) is 17.4. The van der Waals surface area contributed by atoms with E-state index in [0.717, 1.165) is 18.2 Å². The highest BCUT2D eigenvalue weighted by molar-refractivity contribution is 5.66. The molecule has 0 saturated carbocycles. The molecule has 124 valence electrons. The lowest BCUT2D eigenvalue weighted by molar-refractivity contribution is -0.138. The summed E-state index contributed by atoms with van der Waals surface area (Å²) in [6.45, 7) is 3.27. The van der Waals surface area contributed by atoms with Gasteiger partial charge in [-0.1, -0.05) is 38.1 Å². The van der Waals surface area contributed by atoms with Crippen LogP contribution in [0.4, 0.5) is 26.3 Å². The van der Waals surface area contributed by atoms with Gasteiger partial charge in [-0.2, -0.15) is 26.3 Å². The zero-order valence-corrected chi connectivity index (χ0v) is 12.4. The van der Waals surface area contributed by atoms with Crippen molar-refractivity contribution in [1.82, 2.24) is 0 Å². The molecule has 0 aliphatic heterocycles. The van der Waals surface area contributed by atoms with Crippen LogP contribution in [-0.2, 0) is 12.4 Å². The third-order valence-electron chi connectivity index (χ3n) is 3.50. The van der Waals surface area contributed by atoms with E-state index in [-0.39, 0.29) is 22.6 Å². The van der Waals surface area contributed by atoms with Gasteiger partial charge in [0.25, 0.3) is 0 Å². The summed E-state index contributed by atoms with van der Waals surface area (Å²) in [5.74, 6) is -0.345. The van der Waals surface area contributed by atoms with Crippen LogP contribution in [0.1, 0.15) is 36.5 Å². The number of rotatable bonds is 2. The van der Waals surface area contributed by atoms with Gasteiger partial charge in [0.05, 0.1) is 11.1 Å². The molecule has 0 heterocycles. The molecule has 0 nitrogen and oxygen atoms in total. The monoisotopic (exact) mass is 332 g/mol. The molecular weight excluding hydrogens is 318 g/mol. The minimum Gasteiger partial charge on any atom is -0.166 e. The van der Waals surface area contributed by atoms with Crippen molar-refractivity contribution in [3.63, 3.8) is 0 Å². The van der Waals surface area contributed by atoms with Crippen LogP contribution in [0.3, 0.4) is 0 Å². The second-order valence-electron chi connectivity index (χ2n) is 5.53. The molecule has 0 spiro atoms. The van der Waals surface area contributed by atoms with Gasteiger partial charge in [-0.3, -0.25) is 0 Å². The predicted molar refractivity (Wildman–Crippen MR) is 76.0 cm³/mol. The number of alkyl halides is 6. The second kappa shape index (κ2) is 5.91. The van der Waals surface area contributed by atoms with Crippen molar-refractivity contribution in [2.24, 2.45) is 0 Å². The highest BCUT2D eigenvalue weighted by Crippen LogP contribution is 2.38. The van der Waals surface area contributed by atoms with Gasteiger partial charge in [-0.25, -0.2) is 0 Å². The molecule has 2 rings (SSSR count). The normalized spacial score (nSPS) is 12.7. The first kappa shape index (κ1) is 17.4. The maximum Gasteiger partial charge on any atom is 0.416 e. The van der Waals surface area contributed by atoms with Crippen LogP contribution in [0.25, 0.3) is 11.1 Å². The molecule has 0 N–H and O–H groups in total. The smallest absolute Gasteiger partial charge is 0.166 e. The summed E-state index contributed by atoms with van der Waals surface area (Å²) in [6.07, 6.45) is -9.10. The van der Waals surface area contributed by atoms with E-state index in [2.05, 4.69) is 0 Å². The highest BCUT2D eigenvalue weighted by Gasteiger charge is 2.34. The molecule has 0 radical (unpaired) electrons. The third kappa shape index (κ3) is 3.86. The van der Waals surface area contributed by atoms with Gasteiger partial charge in [-0.05, 0) is 40.8 Å². The maximum atomic E-state index is 13.2. The lowest BCUT2D eigenvalue weighted by Crippen LogP contribution is -2.10. The Labute approximate surface area is 129 Å². The van der Waals surface area contributed by atoms with E-state index in [9.17, 15) is 26.3 Å². The molecule has 2 aromatic carbocycles. The van der Waals surface area contributed by atoms with E-state index >= 15 is 0 Å². The Morgan fingerprint density at radius 2 is 1.35 bits per heavy atom. The number of hydrogen-bond acceptors (Lipinski definition) is 0. The van der Waals surface area contributed by atoms with Crippen LogP contribution in [0, 0.1) is 0 Å². The van der Waals surface area contributed by atoms with Crippen molar-refractivity contribution >= 4 is 0 Å². The molecular formula is C17H14F6. The van der Waals surface area contributed by atoms with Gasteiger partial charge >= 0.3 is 12.4 Å². The molecule has 0 aliphatic rings. The molecule has 0 aromatic heterocycles. The second-order valence-corrected chi connectivity index (χ2v) is 5.53. The number of halogens is 6. The Bertz CT molecular complexity index is 695. The third-order valence-corrected chi connectivity index (χ3v) is 3.50. The fraction of sp³-hybridized carbons (Fsp3) is 0.294. The van der Waals surface area contributed by atoms with E-state index in [1.807, 2.05) is 0 Å². The Kier molecular flexibility index (Phi) is 4.46. The highest BCUT2D eigenvalue weighted by atomic mass is 19.4. The van der Waals surface area contributed by atoms with Crippen LogP contribution >= 0.6 is 0 Å². The first-order chi connectivity index (χ1) is 10.5. The molecule has 0 amide bonds. The molecule has 23 heavy (non-hydrogen) atoms. The Balaban J connectivity index is 2.58. The Hall–Kier alpha value is -1.98. The fourth-order valence-corrected chi connectivity index (χ4v) is 2.36. The maximum absolute atomic E-state index is 13.2. The van der Waals surface area contributed by atoms with E-state index in [0.29, 0.717) is 0 Å².